The smallest absolute Gasteiger partial charge is 0.0917 e. The molecule has 0 heterocycles. The first-order valence-electron chi connectivity index (χ1n) is 4.74. The minimum atomic E-state index is 0.682. The number of hydrogen-bond donors (Lipinski definition) is 1. The number of unbranched alkanes of at least 4 members (excludes halogenated alkanes) is 3. The van der Waals surface area contributed by atoms with Gasteiger partial charge in [0.15, 0.2) is 0 Å². The van der Waals surface area contributed by atoms with Gasteiger partial charge in [-0.25, -0.2) is 0 Å². The second-order valence-corrected chi connectivity index (χ2v) is 3.36. The standard InChI is InChI=1S/C10H18O/c1-2-3-4-5-6-9-7-8-10(9)11/h11H,2-8H2,1H3. The van der Waals surface area contributed by atoms with Crippen molar-refractivity contribution in [2.45, 2.75) is 51.9 Å². The van der Waals surface area contributed by atoms with Crippen molar-refractivity contribution in [3.8, 4) is 0 Å². The summed E-state index contributed by atoms with van der Waals surface area (Å²) in [6.07, 6.45) is 8.46. The van der Waals surface area contributed by atoms with Gasteiger partial charge in [-0.15, -0.1) is 0 Å². The molecule has 1 rings (SSSR count). The third kappa shape index (κ3) is 2.57. The van der Waals surface area contributed by atoms with Crippen molar-refractivity contribution in [1.82, 2.24) is 0 Å². The fraction of sp³-hybridized carbons (Fsp3) is 0.800. The summed E-state index contributed by atoms with van der Waals surface area (Å²) in [7, 11) is 0. The predicted octanol–water partition coefficient (Wildman–Crippen LogP) is 3.56. The lowest BCUT2D eigenvalue weighted by Gasteiger charge is -2.18. The molecule has 0 aromatic heterocycles. The van der Waals surface area contributed by atoms with Crippen LogP contribution in [-0.4, -0.2) is 5.11 Å². The maximum Gasteiger partial charge on any atom is 0.0917 e. The molecule has 1 heteroatoms. The van der Waals surface area contributed by atoms with Crippen LogP contribution in [0.15, 0.2) is 11.3 Å². The molecule has 64 valence electrons. The van der Waals surface area contributed by atoms with Gasteiger partial charge in [0.2, 0.25) is 0 Å². The number of aliphatic hydroxyl groups is 1. The maximum absolute atomic E-state index is 9.14. The average molecular weight is 154 g/mol. The van der Waals surface area contributed by atoms with Crippen molar-refractivity contribution in [2.24, 2.45) is 0 Å². The van der Waals surface area contributed by atoms with E-state index in [0.29, 0.717) is 5.76 Å². The van der Waals surface area contributed by atoms with Crippen molar-refractivity contribution in [1.29, 1.82) is 0 Å². The Hall–Kier alpha value is -0.460. The molecular formula is C10H18O. The highest BCUT2D eigenvalue weighted by Crippen LogP contribution is 2.29. The van der Waals surface area contributed by atoms with E-state index in [0.717, 1.165) is 19.3 Å². The second kappa shape index (κ2) is 4.42. The van der Waals surface area contributed by atoms with E-state index in [1.807, 2.05) is 0 Å². The van der Waals surface area contributed by atoms with Crippen LogP contribution >= 0.6 is 0 Å². The third-order valence-electron chi connectivity index (χ3n) is 2.40. The molecule has 1 nitrogen and oxygen atoms in total. The van der Waals surface area contributed by atoms with Crippen LogP contribution in [0, 0.1) is 0 Å². The fourth-order valence-electron chi connectivity index (χ4n) is 1.45. The lowest BCUT2D eigenvalue weighted by atomic mass is 9.91. The third-order valence-corrected chi connectivity index (χ3v) is 2.40. The summed E-state index contributed by atoms with van der Waals surface area (Å²) < 4.78 is 0. The SMILES string of the molecule is CCCCCCC1=C(O)CC1. The zero-order chi connectivity index (χ0) is 8.10. The Kier molecular flexibility index (Phi) is 3.47. The summed E-state index contributed by atoms with van der Waals surface area (Å²) in [6, 6.07) is 0. The highest BCUT2D eigenvalue weighted by Gasteiger charge is 2.14. The predicted molar refractivity (Wildman–Crippen MR) is 47.6 cm³/mol. The molecule has 0 atom stereocenters. The lowest BCUT2D eigenvalue weighted by molar-refractivity contribution is 0.343. The summed E-state index contributed by atoms with van der Waals surface area (Å²) in [5.74, 6) is 0.682. The van der Waals surface area contributed by atoms with Gasteiger partial charge in [0.05, 0.1) is 5.76 Å². The van der Waals surface area contributed by atoms with Crippen LogP contribution in [-0.2, 0) is 0 Å². The van der Waals surface area contributed by atoms with Crippen LogP contribution in [0.3, 0.4) is 0 Å². The van der Waals surface area contributed by atoms with Gasteiger partial charge >= 0.3 is 0 Å². The van der Waals surface area contributed by atoms with Crippen LogP contribution < -0.4 is 0 Å². The number of rotatable bonds is 5. The molecule has 0 saturated heterocycles. The summed E-state index contributed by atoms with van der Waals surface area (Å²) >= 11 is 0. The molecule has 0 radical (unpaired) electrons. The molecule has 0 aromatic rings. The van der Waals surface area contributed by atoms with Gasteiger partial charge in [-0.05, 0) is 24.8 Å². The van der Waals surface area contributed by atoms with Crippen molar-refractivity contribution in [3.63, 3.8) is 0 Å². The van der Waals surface area contributed by atoms with E-state index >= 15 is 0 Å². The van der Waals surface area contributed by atoms with E-state index in [-0.39, 0.29) is 0 Å². The van der Waals surface area contributed by atoms with Crippen molar-refractivity contribution in [3.05, 3.63) is 11.3 Å². The summed E-state index contributed by atoms with van der Waals surface area (Å²) in [6.45, 7) is 2.22. The zero-order valence-corrected chi connectivity index (χ0v) is 7.40. The quantitative estimate of drug-likeness (QED) is 0.600. The Morgan fingerprint density at radius 3 is 2.45 bits per heavy atom. The van der Waals surface area contributed by atoms with Crippen LogP contribution in [0.4, 0.5) is 0 Å². The fourth-order valence-corrected chi connectivity index (χ4v) is 1.45. The van der Waals surface area contributed by atoms with E-state index in [4.69, 9.17) is 5.11 Å². The topological polar surface area (TPSA) is 20.2 Å². The van der Waals surface area contributed by atoms with Crippen molar-refractivity contribution in [2.75, 3.05) is 0 Å². The first kappa shape index (κ1) is 8.63. The number of allylic oxidation sites excluding steroid dienone is 2. The van der Waals surface area contributed by atoms with Crippen LogP contribution in [0.1, 0.15) is 51.9 Å². The van der Waals surface area contributed by atoms with E-state index in [1.54, 1.807) is 0 Å². The van der Waals surface area contributed by atoms with Gasteiger partial charge in [-0.3, -0.25) is 0 Å². The highest BCUT2D eigenvalue weighted by atomic mass is 16.3. The van der Waals surface area contributed by atoms with Gasteiger partial charge in [-0.1, -0.05) is 26.2 Å². The molecule has 1 aliphatic carbocycles. The molecule has 0 unspecified atom stereocenters. The Bertz CT molecular complexity index is 147. The van der Waals surface area contributed by atoms with Crippen molar-refractivity contribution >= 4 is 0 Å². The molecule has 0 amide bonds. The number of hydrogen-bond acceptors (Lipinski definition) is 1. The van der Waals surface area contributed by atoms with E-state index < -0.39 is 0 Å². The Balaban J connectivity index is 2.00. The largest absolute Gasteiger partial charge is 0.512 e. The van der Waals surface area contributed by atoms with Crippen molar-refractivity contribution < 1.29 is 5.11 Å². The minimum absolute atomic E-state index is 0.682. The first-order valence-corrected chi connectivity index (χ1v) is 4.74. The molecule has 0 aliphatic heterocycles. The summed E-state index contributed by atoms with van der Waals surface area (Å²) in [5, 5.41) is 9.14. The van der Waals surface area contributed by atoms with E-state index in [9.17, 15) is 0 Å². The molecule has 0 bridgehead atoms. The minimum Gasteiger partial charge on any atom is -0.512 e. The van der Waals surface area contributed by atoms with Gasteiger partial charge in [0.1, 0.15) is 0 Å². The summed E-state index contributed by atoms with van der Waals surface area (Å²) in [5.41, 5.74) is 1.32. The molecule has 0 aromatic carbocycles. The number of aliphatic hydroxyl groups excluding tert-OH is 1. The maximum atomic E-state index is 9.14. The van der Waals surface area contributed by atoms with E-state index in [2.05, 4.69) is 6.92 Å². The van der Waals surface area contributed by atoms with Gasteiger partial charge in [0.25, 0.3) is 0 Å². The molecule has 1 aliphatic rings. The Morgan fingerprint density at radius 1 is 1.18 bits per heavy atom. The van der Waals surface area contributed by atoms with Gasteiger partial charge < -0.3 is 5.11 Å². The molecule has 0 fully saturated rings. The Morgan fingerprint density at radius 2 is 2.00 bits per heavy atom. The molecular weight excluding hydrogens is 136 g/mol. The van der Waals surface area contributed by atoms with E-state index in [1.165, 1.54) is 31.3 Å². The first-order chi connectivity index (χ1) is 5.34. The zero-order valence-electron chi connectivity index (χ0n) is 7.40. The lowest BCUT2D eigenvalue weighted by Crippen LogP contribution is -2.02. The van der Waals surface area contributed by atoms with Gasteiger partial charge in [0, 0.05) is 6.42 Å². The van der Waals surface area contributed by atoms with Gasteiger partial charge in [-0.2, -0.15) is 0 Å². The van der Waals surface area contributed by atoms with Crippen LogP contribution in [0.25, 0.3) is 0 Å². The monoisotopic (exact) mass is 154 g/mol. The van der Waals surface area contributed by atoms with Crippen LogP contribution in [0.5, 0.6) is 0 Å². The Labute approximate surface area is 69.1 Å². The normalized spacial score (nSPS) is 16.8. The molecule has 0 spiro atoms. The molecule has 1 N–H and O–H groups in total. The average Bonchev–Trinajstić information content (AvgIpc) is 2.02. The molecule has 11 heavy (non-hydrogen) atoms. The highest BCUT2D eigenvalue weighted by molar-refractivity contribution is 5.17. The van der Waals surface area contributed by atoms with Crippen LogP contribution in [0.2, 0.25) is 0 Å². The molecule has 0 saturated carbocycles. The second-order valence-electron chi connectivity index (χ2n) is 3.36. The summed E-state index contributed by atoms with van der Waals surface area (Å²) in [4.78, 5) is 0.